The van der Waals surface area contributed by atoms with Crippen molar-refractivity contribution >= 4 is 49.3 Å². The fraction of sp³-hybridized carbons (Fsp3) is 0.440. The van der Waals surface area contributed by atoms with Crippen LogP contribution in [0.1, 0.15) is 31.1 Å². The first-order valence-electron chi connectivity index (χ1n) is 11.9. The normalized spacial score (nSPS) is 20.1. The summed E-state index contributed by atoms with van der Waals surface area (Å²) in [6.07, 6.45) is 1.57. The minimum Gasteiger partial charge on any atom is -0.462 e. The Morgan fingerprint density at radius 3 is 2.56 bits per heavy atom. The molecule has 2 unspecified atom stereocenters. The van der Waals surface area contributed by atoms with Crippen LogP contribution < -0.4 is 10.3 Å². The predicted octanol–water partition coefficient (Wildman–Crippen LogP) is 3.66. The topological polar surface area (TPSA) is 80.0 Å². The Bertz CT molecular complexity index is 1430. The molecular formula is C25H29N5O3S. The van der Waals surface area contributed by atoms with E-state index in [-0.39, 0.29) is 17.6 Å². The summed E-state index contributed by atoms with van der Waals surface area (Å²) in [6.45, 7) is 9.97. The number of nitrogens with zero attached hydrogens (tertiary/aromatic N) is 5. The minimum absolute atomic E-state index is 0.0515. The Morgan fingerprint density at radius 1 is 1.15 bits per heavy atom. The van der Waals surface area contributed by atoms with E-state index in [0.29, 0.717) is 33.6 Å². The number of likely N-dealkylation sites (tertiary alicyclic amines) is 1. The number of hydrogen-bond donors (Lipinski definition) is 0. The van der Waals surface area contributed by atoms with Crippen LogP contribution in [-0.2, 0) is 4.74 Å². The highest BCUT2D eigenvalue weighted by atomic mass is 32.1. The first-order chi connectivity index (χ1) is 16.5. The molecule has 0 aliphatic carbocycles. The molecule has 2 fully saturated rings. The fourth-order valence-electron chi connectivity index (χ4n) is 5.21. The molecule has 2 aliphatic rings. The maximum Gasteiger partial charge on any atom is 0.345 e. The number of benzene rings is 1. The van der Waals surface area contributed by atoms with Crippen LogP contribution in [0.3, 0.4) is 0 Å². The Kier molecular flexibility index (Phi) is 5.99. The highest BCUT2D eigenvalue weighted by Crippen LogP contribution is 2.34. The highest BCUT2D eigenvalue weighted by molar-refractivity contribution is 7.24. The zero-order valence-corrected chi connectivity index (χ0v) is 20.8. The summed E-state index contributed by atoms with van der Waals surface area (Å²) in [4.78, 5) is 40.7. The van der Waals surface area contributed by atoms with Crippen LogP contribution in [0.25, 0.3) is 26.1 Å². The van der Waals surface area contributed by atoms with E-state index in [2.05, 4.69) is 21.8 Å². The standard InChI is InChI=1S/C23H23N5O3S.C2H6/c1-3-31-22(30)18-19(29)15-8-24-23(27-11-13-9-26(2)10-14(13)12-27)25-20(15)28-16-6-4-5-7-17(16)32-21(18)28;1-2/h4-8,13-14H,3,9-12H2,1-2H3;1-2H3. The van der Waals surface area contributed by atoms with Crippen molar-refractivity contribution < 1.29 is 9.53 Å². The molecule has 0 spiro atoms. The van der Waals surface area contributed by atoms with E-state index in [1.165, 1.54) is 11.3 Å². The van der Waals surface area contributed by atoms with Crippen molar-refractivity contribution in [1.82, 2.24) is 19.3 Å². The lowest BCUT2D eigenvalue weighted by Crippen LogP contribution is -2.28. The number of fused-ring (bicyclic) bond motifs is 6. The maximum absolute atomic E-state index is 13.4. The van der Waals surface area contributed by atoms with Crippen LogP contribution in [0.2, 0.25) is 0 Å². The van der Waals surface area contributed by atoms with Gasteiger partial charge in [0.2, 0.25) is 11.4 Å². The van der Waals surface area contributed by atoms with E-state index >= 15 is 0 Å². The Hall–Kier alpha value is -3.04. The molecule has 4 aromatic rings. The van der Waals surface area contributed by atoms with E-state index < -0.39 is 5.97 Å². The molecule has 0 N–H and O–H groups in total. The molecule has 2 atom stereocenters. The van der Waals surface area contributed by atoms with Gasteiger partial charge in [0.25, 0.3) is 0 Å². The molecule has 0 bridgehead atoms. The van der Waals surface area contributed by atoms with Crippen LogP contribution in [0, 0.1) is 11.8 Å². The van der Waals surface area contributed by atoms with Gasteiger partial charge in [-0.05, 0) is 37.9 Å². The molecule has 9 heteroatoms. The van der Waals surface area contributed by atoms with Gasteiger partial charge in [-0.25, -0.2) is 9.78 Å². The van der Waals surface area contributed by atoms with Crippen molar-refractivity contribution in [2.24, 2.45) is 11.8 Å². The van der Waals surface area contributed by atoms with Crippen molar-refractivity contribution in [1.29, 1.82) is 0 Å². The van der Waals surface area contributed by atoms with Crippen LogP contribution in [0.4, 0.5) is 5.95 Å². The van der Waals surface area contributed by atoms with Gasteiger partial charge in [0.05, 0.1) is 22.2 Å². The lowest BCUT2D eigenvalue weighted by atomic mass is 10.0. The number of aromatic nitrogens is 3. The Balaban J connectivity index is 0.00000117. The van der Waals surface area contributed by atoms with Crippen molar-refractivity contribution in [2.75, 3.05) is 44.7 Å². The third-order valence-electron chi connectivity index (χ3n) is 6.60. The Morgan fingerprint density at radius 2 is 1.85 bits per heavy atom. The molecule has 2 aliphatic heterocycles. The molecule has 34 heavy (non-hydrogen) atoms. The summed E-state index contributed by atoms with van der Waals surface area (Å²) in [5.41, 5.74) is 1.12. The molecule has 3 aromatic heterocycles. The molecule has 0 radical (unpaired) electrons. The molecule has 0 amide bonds. The van der Waals surface area contributed by atoms with E-state index in [4.69, 9.17) is 9.72 Å². The summed E-state index contributed by atoms with van der Waals surface area (Å²) in [5.74, 6) is 1.27. The molecule has 8 nitrogen and oxygen atoms in total. The van der Waals surface area contributed by atoms with Gasteiger partial charge in [-0.3, -0.25) is 9.20 Å². The smallest absolute Gasteiger partial charge is 0.345 e. The van der Waals surface area contributed by atoms with Crippen molar-refractivity contribution in [3.63, 3.8) is 0 Å². The van der Waals surface area contributed by atoms with E-state index in [9.17, 15) is 9.59 Å². The first-order valence-corrected chi connectivity index (χ1v) is 12.7. The van der Waals surface area contributed by atoms with Gasteiger partial charge in [0.15, 0.2) is 5.65 Å². The number of ether oxygens (including phenoxy) is 1. The monoisotopic (exact) mass is 479 g/mol. The third-order valence-corrected chi connectivity index (χ3v) is 7.75. The number of thiazole rings is 1. The first kappa shape index (κ1) is 22.7. The van der Waals surface area contributed by atoms with Gasteiger partial charge in [0, 0.05) is 32.4 Å². The average Bonchev–Trinajstić information content (AvgIpc) is 3.51. The number of esters is 1. The molecule has 178 valence electrons. The number of carbonyl (C=O) groups is 1. The van der Waals surface area contributed by atoms with Gasteiger partial charge in [-0.15, -0.1) is 11.3 Å². The number of anilines is 1. The zero-order chi connectivity index (χ0) is 24.0. The summed E-state index contributed by atoms with van der Waals surface area (Å²) >= 11 is 1.41. The fourth-order valence-corrected chi connectivity index (χ4v) is 6.39. The van der Waals surface area contributed by atoms with Gasteiger partial charge >= 0.3 is 5.97 Å². The average molecular weight is 480 g/mol. The van der Waals surface area contributed by atoms with Crippen LogP contribution in [0.5, 0.6) is 0 Å². The van der Waals surface area contributed by atoms with E-state index in [1.54, 1.807) is 13.1 Å². The molecular weight excluding hydrogens is 450 g/mol. The van der Waals surface area contributed by atoms with Gasteiger partial charge < -0.3 is 14.5 Å². The quantitative estimate of drug-likeness (QED) is 0.415. The molecule has 2 saturated heterocycles. The predicted molar refractivity (Wildman–Crippen MR) is 136 cm³/mol. The second-order valence-electron chi connectivity index (χ2n) is 8.69. The van der Waals surface area contributed by atoms with Gasteiger partial charge in [0.1, 0.15) is 10.4 Å². The SMILES string of the molecule is CC.CCOC(=O)c1c(=O)c2cnc(N3CC4CN(C)CC4C3)nc2n2c1sc1ccccc12. The van der Waals surface area contributed by atoms with Crippen molar-refractivity contribution in [3.8, 4) is 0 Å². The van der Waals surface area contributed by atoms with Crippen LogP contribution in [0.15, 0.2) is 35.3 Å². The number of carbonyl (C=O) groups excluding carboxylic acids is 1. The molecule has 0 saturated carbocycles. The third kappa shape index (κ3) is 3.54. The summed E-state index contributed by atoms with van der Waals surface area (Å²) in [6, 6.07) is 7.86. The van der Waals surface area contributed by atoms with E-state index in [1.807, 2.05) is 42.5 Å². The van der Waals surface area contributed by atoms with E-state index in [0.717, 1.165) is 36.4 Å². The maximum atomic E-state index is 13.4. The van der Waals surface area contributed by atoms with Gasteiger partial charge in [-0.2, -0.15) is 4.98 Å². The second kappa shape index (κ2) is 8.96. The largest absolute Gasteiger partial charge is 0.462 e. The number of para-hydroxylation sites is 1. The summed E-state index contributed by atoms with van der Waals surface area (Å²) < 4.78 is 8.11. The number of rotatable bonds is 3. The summed E-state index contributed by atoms with van der Waals surface area (Å²) in [7, 11) is 2.17. The van der Waals surface area contributed by atoms with Crippen LogP contribution >= 0.6 is 11.3 Å². The lowest BCUT2D eigenvalue weighted by Gasteiger charge is -2.19. The lowest BCUT2D eigenvalue weighted by molar-refractivity contribution is 0.0527. The van der Waals surface area contributed by atoms with Crippen molar-refractivity contribution in [3.05, 3.63) is 46.2 Å². The van der Waals surface area contributed by atoms with Crippen molar-refractivity contribution in [2.45, 2.75) is 20.8 Å². The highest BCUT2D eigenvalue weighted by Gasteiger charge is 2.39. The van der Waals surface area contributed by atoms with Crippen LogP contribution in [-0.4, -0.2) is 65.1 Å². The molecule has 6 rings (SSSR count). The Labute approximate surface area is 201 Å². The minimum atomic E-state index is -0.607. The number of hydrogen-bond acceptors (Lipinski definition) is 8. The summed E-state index contributed by atoms with van der Waals surface area (Å²) in [5, 5.41) is 0.331. The molecule has 5 heterocycles. The zero-order valence-electron chi connectivity index (χ0n) is 19.9. The number of pyridine rings is 1. The molecule has 1 aromatic carbocycles. The second-order valence-corrected chi connectivity index (χ2v) is 9.72. The van der Waals surface area contributed by atoms with Gasteiger partial charge in [-0.1, -0.05) is 26.0 Å².